The number of nitrogen functional groups attached to an aromatic ring is 1. The lowest BCUT2D eigenvalue weighted by Crippen LogP contribution is -2.12. The van der Waals surface area contributed by atoms with Crippen LogP contribution in [-0.2, 0) is 0 Å². The zero-order valence-corrected chi connectivity index (χ0v) is 10.9. The second-order valence-electron chi connectivity index (χ2n) is 4.41. The maximum Gasteiger partial charge on any atom is 0.335 e. The largest absolute Gasteiger partial charge is 0.478 e. The SMILES string of the molecule is Cc1cc(NC(=O)c2cccc(N)c2)ccc1C(=O)O. The van der Waals surface area contributed by atoms with Crippen LogP contribution < -0.4 is 11.1 Å². The predicted octanol–water partition coefficient (Wildman–Crippen LogP) is 2.53. The first-order chi connectivity index (χ1) is 9.47. The van der Waals surface area contributed by atoms with Crippen LogP contribution >= 0.6 is 0 Å². The minimum absolute atomic E-state index is 0.215. The van der Waals surface area contributed by atoms with Gasteiger partial charge in [0.1, 0.15) is 0 Å². The zero-order valence-electron chi connectivity index (χ0n) is 10.9. The molecule has 0 spiro atoms. The van der Waals surface area contributed by atoms with Gasteiger partial charge in [0.25, 0.3) is 5.91 Å². The Morgan fingerprint density at radius 3 is 2.50 bits per heavy atom. The van der Waals surface area contributed by atoms with Gasteiger partial charge in [-0.15, -0.1) is 0 Å². The van der Waals surface area contributed by atoms with E-state index in [0.29, 0.717) is 22.5 Å². The van der Waals surface area contributed by atoms with Gasteiger partial charge in [0.05, 0.1) is 5.56 Å². The van der Waals surface area contributed by atoms with Gasteiger partial charge in [0, 0.05) is 16.9 Å². The molecule has 0 fully saturated rings. The summed E-state index contributed by atoms with van der Waals surface area (Å²) >= 11 is 0. The Hall–Kier alpha value is -2.82. The second kappa shape index (κ2) is 5.44. The second-order valence-corrected chi connectivity index (χ2v) is 4.41. The van der Waals surface area contributed by atoms with Crippen molar-refractivity contribution in [3.8, 4) is 0 Å². The Morgan fingerprint density at radius 1 is 1.15 bits per heavy atom. The van der Waals surface area contributed by atoms with E-state index < -0.39 is 5.97 Å². The van der Waals surface area contributed by atoms with Gasteiger partial charge in [0.15, 0.2) is 0 Å². The predicted molar refractivity (Wildman–Crippen MR) is 76.9 cm³/mol. The lowest BCUT2D eigenvalue weighted by atomic mass is 10.1. The number of carbonyl (C=O) groups is 2. The third-order valence-electron chi connectivity index (χ3n) is 2.86. The van der Waals surface area contributed by atoms with Crippen molar-refractivity contribution < 1.29 is 14.7 Å². The van der Waals surface area contributed by atoms with E-state index >= 15 is 0 Å². The molecular weight excluding hydrogens is 256 g/mol. The smallest absolute Gasteiger partial charge is 0.335 e. The van der Waals surface area contributed by atoms with Crippen LogP contribution in [0.15, 0.2) is 42.5 Å². The molecule has 102 valence electrons. The molecule has 1 amide bonds. The zero-order chi connectivity index (χ0) is 14.7. The van der Waals surface area contributed by atoms with E-state index in [9.17, 15) is 9.59 Å². The number of anilines is 2. The third-order valence-corrected chi connectivity index (χ3v) is 2.86. The molecule has 4 N–H and O–H groups in total. The molecule has 0 aliphatic carbocycles. The molecule has 0 atom stereocenters. The number of rotatable bonds is 3. The van der Waals surface area contributed by atoms with Crippen LogP contribution in [0.4, 0.5) is 11.4 Å². The maximum absolute atomic E-state index is 12.0. The standard InChI is InChI=1S/C15H14N2O3/c1-9-7-12(5-6-13(9)15(19)20)17-14(18)10-3-2-4-11(16)8-10/h2-8H,16H2,1H3,(H,17,18)(H,19,20). The molecule has 2 aromatic rings. The minimum Gasteiger partial charge on any atom is -0.478 e. The van der Waals surface area contributed by atoms with Crippen LogP contribution in [0.1, 0.15) is 26.3 Å². The van der Waals surface area contributed by atoms with E-state index in [1.54, 1.807) is 43.3 Å². The first-order valence-corrected chi connectivity index (χ1v) is 5.98. The molecule has 0 heterocycles. The number of carboxylic acids is 1. The summed E-state index contributed by atoms with van der Waals surface area (Å²) in [4.78, 5) is 22.9. The highest BCUT2D eigenvalue weighted by atomic mass is 16.4. The lowest BCUT2D eigenvalue weighted by Gasteiger charge is -2.08. The van der Waals surface area contributed by atoms with E-state index in [0.717, 1.165) is 0 Å². The van der Waals surface area contributed by atoms with E-state index in [4.69, 9.17) is 10.8 Å². The summed E-state index contributed by atoms with van der Waals surface area (Å²) < 4.78 is 0. The Kier molecular flexibility index (Phi) is 3.70. The quantitative estimate of drug-likeness (QED) is 0.747. The minimum atomic E-state index is -0.990. The van der Waals surface area contributed by atoms with Gasteiger partial charge >= 0.3 is 5.97 Å². The highest BCUT2D eigenvalue weighted by molar-refractivity contribution is 6.05. The third kappa shape index (κ3) is 2.95. The van der Waals surface area contributed by atoms with Crippen molar-refractivity contribution in [2.75, 3.05) is 11.1 Å². The molecule has 0 aliphatic heterocycles. The van der Waals surface area contributed by atoms with Gasteiger partial charge in [-0.3, -0.25) is 4.79 Å². The Bertz CT molecular complexity index is 681. The summed E-state index contributed by atoms with van der Waals surface area (Å²) in [6, 6.07) is 11.3. The lowest BCUT2D eigenvalue weighted by molar-refractivity contribution is 0.0696. The Balaban J connectivity index is 2.20. The van der Waals surface area contributed by atoms with E-state index in [2.05, 4.69) is 5.32 Å². The molecule has 5 heteroatoms. The molecule has 0 unspecified atom stereocenters. The van der Waals surface area contributed by atoms with Gasteiger partial charge in [0.2, 0.25) is 0 Å². The Morgan fingerprint density at radius 2 is 1.90 bits per heavy atom. The van der Waals surface area contributed by atoms with E-state index in [1.807, 2.05) is 0 Å². The number of hydrogen-bond acceptors (Lipinski definition) is 3. The number of benzene rings is 2. The molecule has 0 aliphatic rings. The van der Waals surface area contributed by atoms with Crippen molar-refractivity contribution in [2.45, 2.75) is 6.92 Å². The fourth-order valence-electron chi connectivity index (χ4n) is 1.86. The summed E-state index contributed by atoms with van der Waals surface area (Å²) in [7, 11) is 0. The molecule has 2 aromatic carbocycles. The number of nitrogens with two attached hydrogens (primary N) is 1. The maximum atomic E-state index is 12.0. The molecule has 5 nitrogen and oxygen atoms in total. The van der Waals surface area contributed by atoms with Gasteiger partial charge in [-0.05, 0) is 48.9 Å². The van der Waals surface area contributed by atoms with Crippen LogP contribution in [0.5, 0.6) is 0 Å². The number of aromatic carboxylic acids is 1. The van der Waals surface area contributed by atoms with Gasteiger partial charge in [-0.25, -0.2) is 4.79 Å². The van der Waals surface area contributed by atoms with Crippen LogP contribution in [-0.4, -0.2) is 17.0 Å². The highest BCUT2D eigenvalue weighted by Gasteiger charge is 2.10. The number of carbonyl (C=O) groups excluding carboxylic acids is 1. The summed E-state index contributed by atoms with van der Waals surface area (Å²) in [6.45, 7) is 1.68. The van der Waals surface area contributed by atoms with Gasteiger partial charge < -0.3 is 16.2 Å². The summed E-state index contributed by atoms with van der Waals surface area (Å²) in [5, 5.41) is 11.7. The first kappa shape index (κ1) is 13.6. The summed E-state index contributed by atoms with van der Waals surface area (Å²) in [5.41, 5.74) is 7.92. The topological polar surface area (TPSA) is 92.4 Å². The molecule has 0 aromatic heterocycles. The van der Waals surface area contributed by atoms with E-state index in [-0.39, 0.29) is 11.5 Å². The number of nitrogens with one attached hydrogen (secondary N) is 1. The van der Waals surface area contributed by atoms with Crippen LogP contribution in [0.3, 0.4) is 0 Å². The van der Waals surface area contributed by atoms with Crippen molar-refractivity contribution in [2.24, 2.45) is 0 Å². The van der Waals surface area contributed by atoms with Crippen molar-refractivity contribution >= 4 is 23.3 Å². The number of carboxylic acid groups (broad SMARTS) is 1. The first-order valence-electron chi connectivity index (χ1n) is 5.98. The number of aryl methyl sites for hydroxylation is 1. The average molecular weight is 270 g/mol. The van der Waals surface area contributed by atoms with E-state index in [1.165, 1.54) is 6.07 Å². The van der Waals surface area contributed by atoms with Crippen molar-refractivity contribution in [1.82, 2.24) is 0 Å². The van der Waals surface area contributed by atoms with Crippen LogP contribution in [0, 0.1) is 6.92 Å². The van der Waals surface area contributed by atoms with Crippen molar-refractivity contribution in [3.63, 3.8) is 0 Å². The summed E-state index contributed by atoms with van der Waals surface area (Å²) in [5.74, 6) is -1.28. The molecule has 0 bridgehead atoms. The molecule has 0 saturated heterocycles. The molecule has 2 rings (SSSR count). The molecule has 20 heavy (non-hydrogen) atoms. The monoisotopic (exact) mass is 270 g/mol. The summed E-state index contributed by atoms with van der Waals surface area (Å²) in [6.07, 6.45) is 0. The molecule has 0 saturated carbocycles. The van der Waals surface area contributed by atoms with Crippen molar-refractivity contribution in [1.29, 1.82) is 0 Å². The molecule has 0 radical (unpaired) electrons. The molecular formula is C15H14N2O3. The van der Waals surface area contributed by atoms with Crippen LogP contribution in [0.2, 0.25) is 0 Å². The Labute approximate surface area is 116 Å². The fraction of sp³-hybridized carbons (Fsp3) is 0.0667. The van der Waals surface area contributed by atoms with Gasteiger partial charge in [-0.2, -0.15) is 0 Å². The highest BCUT2D eigenvalue weighted by Crippen LogP contribution is 2.16. The normalized spacial score (nSPS) is 10.1. The van der Waals surface area contributed by atoms with Gasteiger partial charge in [-0.1, -0.05) is 6.07 Å². The average Bonchev–Trinajstić information content (AvgIpc) is 2.38. The number of amides is 1. The van der Waals surface area contributed by atoms with Crippen LogP contribution in [0.25, 0.3) is 0 Å². The fourth-order valence-corrected chi connectivity index (χ4v) is 1.86. The number of hydrogen-bond donors (Lipinski definition) is 3. The van der Waals surface area contributed by atoms with Crippen molar-refractivity contribution in [3.05, 3.63) is 59.2 Å².